The Morgan fingerprint density at radius 1 is 1.13 bits per heavy atom. The maximum Gasteiger partial charge on any atom is 0.119 e. The van der Waals surface area contributed by atoms with Crippen molar-refractivity contribution < 1.29 is 9.84 Å². The van der Waals surface area contributed by atoms with Gasteiger partial charge >= 0.3 is 0 Å². The van der Waals surface area contributed by atoms with Gasteiger partial charge in [-0.15, -0.1) is 0 Å². The van der Waals surface area contributed by atoms with Gasteiger partial charge in [-0.2, -0.15) is 0 Å². The summed E-state index contributed by atoms with van der Waals surface area (Å²) in [5.41, 5.74) is 3.71. The maximum atomic E-state index is 10.5. The Morgan fingerprint density at radius 3 is 2.70 bits per heavy atom. The van der Waals surface area contributed by atoms with Gasteiger partial charge in [-0.3, -0.25) is 0 Å². The quantitative estimate of drug-likeness (QED) is 0.876. The van der Waals surface area contributed by atoms with Crippen molar-refractivity contribution in [2.45, 2.75) is 32.3 Å². The highest BCUT2D eigenvalue weighted by molar-refractivity contribution is 5.55. The second-order valence-corrected chi connectivity index (χ2v) is 6.03. The van der Waals surface area contributed by atoms with Gasteiger partial charge in [0.15, 0.2) is 0 Å². The van der Waals surface area contributed by atoms with Crippen LogP contribution in [0.1, 0.15) is 37.0 Å². The van der Waals surface area contributed by atoms with Crippen LogP contribution >= 0.6 is 0 Å². The second-order valence-electron chi connectivity index (χ2n) is 6.03. The van der Waals surface area contributed by atoms with Crippen LogP contribution in [0.25, 0.3) is 0 Å². The Bertz CT molecular complexity index is 624. The van der Waals surface area contributed by atoms with Gasteiger partial charge < -0.3 is 14.7 Å². The van der Waals surface area contributed by atoms with Crippen LogP contribution in [0.5, 0.6) is 5.75 Å². The number of aliphatic hydroxyl groups is 1. The minimum atomic E-state index is -0.431. The summed E-state index contributed by atoms with van der Waals surface area (Å²) >= 11 is 0. The minimum absolute atomic E-state index is 0.431. The van der Waals surface area contributed by atoms with E-state index >= 15 is 0 Å². The second kappa shape index (κ2) is 7.51. The fourth-order valence-corrected chi connectivity index (χ4v) is 3.24. The summed E-state index contributed by atoms with van der Waals surface area (Å²) in [5, 5.41) is 10.5. The van der Waals surface area contributed by atoms with Gasteiger partial charge in [-0.1, -0.05) is 30.3 Å². The molecule has 0 bridgehead atoms. The average Bonchev–Trinajstić information content (AvgIpc) is 2.60. The summed E-state index contributed by atoms with van der Waals surface area (Å²) in [6.45, 7) is 4.59. The zero-order chi connectivity index (χ0) is 16.1. The lowest BCUT2D eigenvalue weighted by Crippen LogP contribution is -2.31. The molecule has 1 aliphatic heterocycles. The van der Waals surface area contributed by atoms with Gasteiger partial charge in [0.1, 0.15) is 5.75 Å². The molecule has 1 heterocycles. The van der Waals surface area contributed by atoms with Gasteiger partial charge in [0.25, 0.3) is 0 Å². The molecule has 1 aliphatic rings. The van der Waals surface area contributed by atoms with Gasteiger partial charge in [0.05, 0.1) is 12.7 Å². The molecule has 1 N–H and O–H groups in total. The predicted octanol–water partition coefficient (Wildman–Crippen LogP) is 3.96. The van der Waals surface area contributed by atoms with E-state index < -0.39 is 6.10 Å². The summed E-state index contributed by atoms with van der Waals surface area (Å²) in [5.74, 6) is 0.855. The molecule has 2 aromatic rings. The molecule has 0 saturated carbocycles. The van der Waals surface area contributed by atoms with Crippen LogP contribution in [0.2, 0.25) is 0 Å². The largest absolute Gasteiger partial charge is 0.494 e. The molecule has 0 saturated heterocycles. The molecular weight excluding hydrogens is 286 g/mol. The summed E-state index contributed by atoms with van der Waals surface area (Å²) < 4.78 is 5.44. The molecule has 3 rings (SSSR count). The number of para-hydroxylation sites is 1. The van der Waals surface area contributed by atoms with Crippen molar-refractivity contribution in [2.24, 2.45) is 0 Å². The first kappa shape index (κ1) is 15.9. The fraction of sp³-hybridized carbons (Fsp3) is 0.400. The van der Waals surface area contributed by atoms with E-state index in [1.54, 1.807) is 0 Å². The molecule has 0 fully saturated rings. The lowest BCUT2D eigenvalue weighted by Gasteiger charge is -2.32. The van der Waals surface area contributed by atoms with E-state index in [4.69, 9.17) is 4.74 Å². The van der Waals surface area contributed by atoms with E-state index in [-0.39, 0.29) is 0 Å². The number of hydrogen-bond acceptors (Lipinski definition) is 3. The molecule has 2 aromatic carbocycles. The fourth-order valence-electron chi connectivity index (χ4n) is 3.24. The van der Waals surface area contributed by atoms with Crippen LogP contribution in [0.4, 0.5) is 5.69 Å². The van der Waals surface area contributed by atoms with Crippen LogP contribution in [-0.4, -0.2) is 24.8 Å². The molecule has 0 spiro atoms. The normalized spacial score (nSPS) is 15.1. The molecule has 3 heteroatoms. The monoisotopic (exact) mass is 311 g/mol. The third-order valence-electron chi connectivity index (χ3n) is 4.45. The number of ether oxygens (including phenoxy) is 1. The van der Waals surface area contributed by atoms with E-state index in [1.807, 2.05) is 31.2 Å². The van der Waals surface area contributed by atoms with Crippen LogP contribution in [-0.2, 0) is 6.42 Å². The Labute approximate surface area is 138 Å². The number of nitrogens with zero attached hydrogens (tertiary/aromatic N) is 1. The molecular formula is C20H25NO2. The number of anilines is 1. The zero-order valence-corrected chi connectivity index (χ0v) is 13.7. The summed E-state index contributed by atoms with van der Waals surface area (Å²) in [4.78, 5) is 2.40. The number of aryl methyl sites for hydroxylation is 1. The summed E-state index contributed by atoms with van der Waals surface area (Å²) in [6, 6.07) is 16.4. The summed E-state index contributed by atoms with van der Waals surface area (Å²) in [7, 11) is 0. The van der Waals surface area contributed by atoms with Crippen molar-refractivity contribution >= 4 is 5.69 Å². The lowest BCUT2D eigenvalue weighted by molar-refractivity contribution is 0.169. The Morgan fingerprint density at radius 2 is 1.91 bits per heavy atom. The third-order valence-corrected chi connectivity index (χ3v) is 4.45. The first-order chi connectivity index (χ1) is 11.3. The van der Waals surface area contributed by atoms with E-state index in [0.29, 0.717) is 6.61 Å². The van der Waals surface area contributed by atoms with Crippen LogP contribution in [0, 0.1) is 0 Å². The van der Waals surface area contributed by atoms with Crippen molar-refractivity contribution in [3.8, 4) is 5.75 Å². The van der Waals surface area contributed by atoms with Gasteiger partial charge in [-0.25, -0.2) is 0 Å². The average molecular weight is 311 g/mol. The Kier molecular flexibility index (Phi) is 5.19. The van der Waals surface area contributed by atoms with E-state index in [9.17, 15) is 5.11 Å². The van der Waals surface area contributed by atoms with Crippen LogP contribution in [0.15, 0.2) is 48.5 Å². The molecule has 23 heavy (non-hydrogen) atoms. The zero-order valence-electron chi connectivity index (χ0n) is 13.7. The van der Waals surface area contributed by atoms with E-state index in [0.717, 1.165) is 37.2 Å². The number of hydrogen-bond donors (Lipinski definition) is 1. The van der Waals surface area contributed by atoms with Crippen LogP contribution < -0.4 is 9.64 Å². The third kappa shape index (κ3) is 3.85. The van der Waals surface area contributed by atoms with Gasteiger partial charge in [-0.05, 0) is 55.5 Å². The van der Waals surface area contributed by atoms with Gasteiger partial charge in [0, 0.05) is 18.8 Å². The highest BCUT2D eigenvalue weighted by atomic mass is 16.5. The first-order valence-electron chi connectivity index (χ1n) is 8.51. The van der Waals surface area contributed by atoms with E-state index in [2.05, 4.69) is 29.2 Å². The van der Waals surface area contributed by atoms with Crippen molar-refractivity contribution in [1.29, 1.82) is 0 Å². The topological polar surface area (TPSA) is 32.7 Å². The van der Waals surface area contributed by atoms with Crippen molar-refractivity contribution in [2.75, 3.05) is 24.6 Å². The van der Waals surface area contributed by atoms with E-state index in [1.165, 1.54) is 17.7 Å². The molecule has 1 unspecified atom stereocenters. The Balaban J connectivity index is 1.60. The Hall–Kier alpha value is -2.00. The molecule has 0 aliphatic carbocycles. The molecule has 0 amide bonds. The van der Waals surface area contributed by atoms with Crippen molar-refractivity contribution in [1.82, 2.24) is 0 Å². The molecule has 122 valence electrons. The smallest absolute Gasteiger partial charge is 0.119 e. The predicted molar refractivity (Wildman–Crippen MR) is 94.2 cm³/mol. The highest BCUT2D eigenvalue weighted by Crippen LogP contribution is 2.28. The SMILES string of the molecule is CCOc1ccc(C(O)CCN2CCCc3ccccc32)cc1. The maximum absolute atomic E-state index is 10.5. The highest BCUT2D eigenvalue weighted by Gasteiger charge is 2.17. The molecule has 1 atom stereocenters. The number of rotatable bonds is 6. The summed E-state index contributed by atoms with van der Waals surface area (Å²) in [6.07, 6.45) is 2.66. The number of benzene rings is 2. The van der Waals surface area contributed by atoms with Crippen LogP contribution in [0.3, 0.4) is 0 Å². The van der Waals surface area contributed by atoms with Crippen molar-refractivity contribution in [3.05, 3.63) is 59.7 Å². The van der Waals surface area contributed by atoms with Gasteiger partial charge in [0.2, 0.25) is 0 Å². The lowest BCUT2D eigenvalue weighted by atomic mass is 10.0. The molecule has 0 radical (unpaired) electrons. The molecule has 0 aromatic heterocycles. The molecule has 3 nitrogen and oxygen atoms in total. The first-order valence-corrected chi connectivity index (χ1v) is 8.51. The minimum Gasteiger partial charge on any atom is -0.494 e. The van der Waals surface area contributed by atoms with Crippen molar-refractivity contribution in [3.63, 3.8) is 0 Å². The number of fused-ring (bicyclic) bond motifs is 1. The number of aliphatic hydroxyl groups excluding tert-OH is 1. The standard InChI is InChI=1S/C20H25NO2/c1-2-23-18-11-9-17(10-12-18)20(22)13-15-21-14-5-7-16-6-3-4-8-19(16)21/h3-4,6,8-12,20,22H,2,5,7,13-15H2,1H3.